The van der Waals surface area contributed by atoms with Crippen LogP contribution >= 0.6 is 0 Å². The van der Waals surface area contributed by atoms with Gasteiger partial charge >= 0.3 is 0 Å². The molecule has 19 heavy (non-hydrogen) atoms. The van der Waals surface area contributed by atoms with E-state index in [1.54, 1.807) is 0 Å². The summed E-state index contributed by atoms with van der Waals surface area (Å²) in [6.45, 7) is 4.53. The van der Waals surface area contributed by atoms with Gasteiger partial charge in [0, 0.05) is 11.6 Å². The van der Waals surface area contributed by atoms with Crippen molar-refractivity contribution in [2.45, 2.75) is 58.4 Å². The van der Waals surface area contributed by atoms with Gasteiger partial charge in [-0.05, 0) is 38.3 Å². The number of rotatable bonds is 4. The smallest absolute Gasteiger partial charge is 0.176 e. The average molecular weight is 259 g/mol. The first-order valence-electron chi connectivity index (χ1n) is 7.50. The predicted molar refractivity (Wildman–Crippen MR) is 79.7 cm³/mol. The molecular weight excluding hydrogens is 234 g/mol. The monoisotopic (exact) mass is 259 g/mol. The quantitative estimate of drug-likeness (QED) is 0.658. The highest BCUT2D eigenvalue weighted by Crippen LogP contribution is 2.17. The molecule has 0 spiro atoms. The molecule has 0 amide bonds. The van der Waals surface area contributed by atoms with E-state index in [9.17, 15) is 4.79 Å². The number of hydrogen-bond acceptors (Lipinski definition) is 2. The standard InChI is InChI=1S/C17H25NO/c1-13-9-10-14(2)16(11-13)17(19)12-18-15-7-5-3-4-6-8-15/h9-11,15,18H,3-8,12H2,1-2H3. The molecule has 2 nitrogen and oxygen atoms in total. The van der Waals surface area contributed by atoms with E-state index >= 15 is 0 Å². The van der Waals surface area contributed by atoms with Crippen LogP contribution in [-0.4, -0.2) is 18.4 Å². The van der Waals surface area contributed by atoms with Crippen molar-refractivity contribution in [1.29, 1.82) is 0 Å². The van der Waals surface area contributed by atoms with E-state index in [1.165, 1.54) is 38.5 Å². The normalized spacial score (nSPS) is 17.2. The molecule has 0 bridgehead atoms. The molecule has 1 saturated carbocycles. The molecule has 1 aromatic rings. The Labute approximate surface area is 116 Å². The number of aryl methyl sites for hydroxylation is 2. The Morgan fingerprint density at radius 2 is 1.84 bits per heavy atom. The molecule has 0 unspecified atom stereocenters. The molecule has 0 atom stereocenters. The summed E-state index contributed by atoms with van der Waals surface area (Å²) >= 11 is 0. The highest BCUT2D eigenvalue weighted by molar-refractivity contribution is 5.99. The van der Waals surface area contributed by atoms with Crippen molar-refractivity contribution in [1.82, 2.24) is 5.32 Å². The molecule has 1 aliphatic carbocycles. The zero-order chi connectivity index (χ0) is 13.7. The third-order valence-corrected chi connectivity index (χ3v) is 4.10. The second-order valence-corrected chi connectivity index (χ2v) is 5.81. The summed E-state index contributed by atoms with van der Waals surface area (Å²) in [6.07, 6.45) is 7.75. The first kappa shape index (κ1) is 14.3. The summed E-state index contributed by atoms with van der Waals surface area (Å²) in [7, 11) is 0. The first-order chi connectivity index (χ1) is 9.16. The van der Waals surface area contributed by atoms with Crippen molar-refractivity contribution in [2.75, 3.05) is 6.54 Å². The SMILES string of the molecule is Cc1ccc(C)c(C(=O)CNC2CCCCCC2)c1. The number of nitrogens with one attached hydrogen (secondary N) is 1. The molecule has 1 aliphatic rings. The summed E-state index contributed by atoms with van der Waals surface area (Å²) in [5.74, 6) is 0.227. The number of benzene rings is 1. The van der Waals surface area contributed by atoms with E-state index in [1.807, 2.05) is 26.0 Å². The van der Waals surface area contributed by atoms with E-state index in [-0.39, 0.29) is 5.78 Å². The Balaban J connectivity index is 1.91. The molecule has 0 radical (unpaired) electrons. The molecular formula is C17H25NO. The van der Waals surface area contributed by atoms with Gasteiger partial charge < -0.3 is 5.32 Å². The second-order valence-electron chi connectivity index (χ2n) is 5.81. The summed E-state index contributed by atoms with van der Waals surface area (Å²) in [6, 6.07) is 6.64. The fourth-order valence-corrected chi connectivity index (χ4v) is 2.85. The Kier molecular flexibility index (Phi) is 5.15. The topological polar surface area (TPSA) is 29.1 Å². The van der Waals surface area contributed by atoms with Crippen molar-refractivity contribution >= 4 is 5.78 Å². The average Bonchev–Trinajstić information content (AvgIpc) is 2.67. The minimum absolute atomic E-state index is 0.227. The maximum atomic E-state index is 12.3. The molecule has 1 fully saturated rings. The molecule has 1 N–H and O–H groups in total. The molecule has 1 aromatic carbocycles. The third-order valence-electron chi connectivity index (χ3n) is 4.10. The van der Waals surface area contributed by atoms with Gasteiger partial charge in [0.2, 0.25) is 0 Å². The van der Waals surface area contributed by atoms with Crippen LogP contribution in [0.4, 0.5) is 0 Å². The molecule has 0 aromatic heterocycles. The lowest BCUT2D eigenvalue weighted by Gasteiger charge is -2.16. The largest absolute Gasteiger partial charge is 0.307 e. The van der Waals surface area contributed by atoms with Crippen molar-refractivity contribution in [2.24, 2.45) is 0 Å². The van der Waals surface area contributed by atoms with Gasteiger partial charge in [-0.3, -0.25) is 4.79 Å². The van der Waals surface area contributed by atoms with E-state index < -0.39 is 0 Å². The minimum Gasteiger partial charge on any atom is -0.307 e. The van der Waals surface area contributed by atoms with Gasteiger partial charge in [-0.1, -0.05) is 43.4 Å². The molecule has 0 heterocycles. The predicted octanol–water partition coefficient (Wildman–Crippen LogP) is 3.80. The zero-order valence-corrected chi connectivity index (χ0v) is 12.2. The molecule has 0 saturated heterocycles. The van der Waals surface area contributed by atoms with Crippen LogP contribution in [0.1, 0.15) is 60.0 Å². The Morgan fingerprint density at radius 1 is 1.16 bits per heavy atom. The van der Waals surface area contributed by atoms with Gasteiger partial charge in [-0.15, -0.1) is 0 Å². The van der Waals surface area contributed by atoms with Crippen LogP contribution in [0.25, 0.3) is 0 Å². The fourth-order valence-electron chi connectivity index (χ4n) is 2.85. The van der Waals surface area contributed by atoms with Crippen LogP contribution in [0.2, 0.25) is 0 Å². The van der Waals surface area contributed by atoms with Gasteiger partial charge in [0.15, 0.2) is 5.78 Å². The van der Waals surface area contributed by atoms with Crippen LogP contribution in [-0.2, 0) is 0 Å². The summed E-state index contributed by atoms with van der Waals surface area (Å²) in [4.78, 5) is 12.3. The van der Waals surface area contributed by atoms with Gasteiger partial charge in [0.1, 0.15) is 0 Å². The summed E-state index contributed by atoms with van der Waals surface area (Å²) in [5.41, 5.74) is 3.11. The van der Waals surface area contributed by atoms with E-state index in [0.717, 1.165) is 16.7 Å². The van der Waals surface area contributed by atoms with Crippen LogP contribution < -0.4 is 5.32 Å². The van der Waals surface area contributed by atoms with Crippen LogP contribution in [0.3, 0.4) is 0 Å². The maximum Gasteiger partial charge on any atom is 0.176 e. The van der Waals surface area contributed by atoms with Crippen molar-refractivity contribution in [3.05, 3.63) is 34.9 Å². The van der Waals surface area contributed by atoms with E-state index in [0.29, 0.717) is 12.6 Å². The third kappa shape index (κ3) is 4.17. The van der Waals surface area contributed by atoms with Gasteiger partial charge in [0.25, 0.3) is 0 Å². The van der Waals surface area contributed by atoms with Gasteiger partial charge in [0.05, 0.1) is 6.54 Å². The lowest BCUT2D eigenvalue weighted by atomic mass is 10.0. The number of carbonyl (C=O) groups excluding carboxylic acids is 1. The van der Waals surface area contributed by atoms with E-state index in [4.69, 9.17) is 0 Å². The van der Waals surface area contributed by atoms with Crippen LogP contribution in [0.5, 0.6) is 0 Å². The summed E-state index contributed by atoms with van der Waals surface area (Å²) < 4.78 is 0. The number of ketones is 1. The van der Waals surface area contributed by atoms with Crippen LogP contribution in [0, 0.1) is 13.8 Å². The zero-order valence-electron chi connectivity index (χ0n) is 12.2. The minimum atomic E-state index is 0.227. The molecule has 2 heteroatoms. The molecule has 104 valence electrons. The Morgan fingerprint density at radius 3 is 2.53 bits per heavy atom. The Bertz CT molecular complexity index is 431. The van der Waals surface area contributed by atoms with E-state index in [2.05, 4.69) is 11.4 Å². The molecule has 2 rings (SSSR count). The lowest BCUT2D eigenvalue weighted by Crippen LogP contribution is -2.33. The maximum absolute atomic E-state index is 12.3. The van der Waals surface area contributed by atoms with Gasteiger partial charge in [-0.25, -0.2) is 0 Å². The van der Waals surface area contributed by atoms with Crippen molar-refractivity contribution in [3.8, 4) is 0 Å². The summed E-state index contributed by atoms with van der Waals surface area (Å²) in [5, 5.41) is 3.46. The number of Topliss-reactive ketones (excluding diaryl/α,β-unsaturated/α-hetero) is 1. The Hall–Kier alpha value is -1.15. The molecule has 0 aliphatic heterocycles. The second kappa shape index (κ2) is 6.85. The van der Waals surface area contributed by atoms with Crippen molar-refractivity contribution < 1.29 is 4.79 Å². The lowest BCUT2D eigenvalue weighted by molar-refractivity contribution is 0.0985. The number of carbonyl (C=O) groups is 1. The fraction of sp³-hybridized carbons (Fsp3) is 0.588. The first-order valence-corrected chi connectivity index (χ1v) is 7.50. The highest BCUT2D eigenvalue weighted by atomic mass is 16.1. The van der Waals surface area contributed by atoms with Crippen molar-refractivity contribution in [3.63, 3.8) is 0 Å². The van der Waals surface area contributed by atoms with Gasteiger partial charge in [-0.2, -0.15) is 0 Å². The number of hydrogen-bond donors (Lipinski definition) is 1. The highest BCUT2D eigenvalue weighted by Gasteiger charge is 2.14. The van der Waals surface area contributed by atoms with Crippen LogP contribution in [0.15, 0.2) is 18.2 Å².